The first-order chi connectivity index (χ1) is 15.7. The van der Waals surface area contributed by atoms with Crippen LogP contribution in [0.25, 0.3) is 0 Å². The molecule has 0 aromatic rings. The Morgan fingerprint density at radius 1 is 0.594 bits per heavy atom. The molecular formula is C30H42O2. The van der Waals surface area contributed by atoms with Crippen LogP contribution in [0.4, 0.5) is 0 Å². The minimum atomic E-state index is -0.745. The van der Waals surface area contributed by atoms with Crippen LogP contribution in [-0.4, -0.2) is 22.4 Å². The zero-order chi connectivity index (χ0) is 23.5. The molecule has 0 amide bonds. The molecule has 0 saturated heterocycles. The normalized spacial score (nSPS) is 12.4. The first-order valence-corrected chi connectivity index (χ1v) is 12.2. The van der Waals surface area contributed by atoms with Crippen molar-refractivity contribution < 1.29 is 10.2 Å². The number of aliphatic hydroxyl groups excluding tert-OH is 2. The van der Waals surface area contributed by atoms with Crippen LogP contribution in [0, 0.1) is 48.4 Å². The Balaban J connectivity index is 3.41. The molecule has 0 fully saturated rings. The van der Waals surface area contributed by atoms with Gasteiger partial charge in [-0.1, -0.05) is 80.4 Å². The van der Waals surface area contributed by atoms with Crippen molar-refractivity contribution >= 4 is 0 Å². The van der Waals surface area contributed by atoms with Gasteiger partial charge in [0.25, 0.3) is 0 Å². The Hall–Kier alpha value is -2.36. The molecule has 0 radical (unpaired) electrons. The highest BCUT2D eigenvalue weighted by Gasteiger charge is 1.97. The number of unbranched alkanes of at least 4 members (excludes halogenated alkanes) is 11. The standard InChI is InChI=1S/C30H42O2/c1-3-29(31)27-25-23-21-19-17-15-13-11-9-7-5-6-8-10-12-14-16-18-20-22-24-26-28-30(32)4-2/h1-2,5-6,25,27,29-32H,7-8,13-24,26,28H2/b6-5-,27-25+. The lowest BCUT2D eigenvalue weighted by Gasteiger charge is -2.02. The van der Waals surface area contributed by atoms with Crippen molar-refractivity contribution in [3.63, 3.8) is 0 Å². The second-order valence-corrected chi connectivity index (χ2v) is 7.92. The molecule has 2 nitrogen and oxygen atoms in total. The molecule has 0 aromatic carbocycles. The van der Waals surface area contributed by atoms with Gasteiger partial charge in [-0.3, -0.25) is 0 Å². The van der Waals surface area contributed by atoms with Crippen LogP contribution in [-0.2, 0) is 0 Å². The number of hydrogen-bond acceptors (Lipinski definition) is 2. The van der Waals surface area contributed by atoms with Crippen molar-refractivity contribution in [2.45, 2.75) is 115 Å². The third-order valence-corrected chi connectivity index (χ3v) is 4.99. The lowest BCUT2D eigenvalue weighted by molar-refractivity contribution is 0.217. The fourth-order valence-electron chi connectivity index (χ4n) is 3.06. The maximum atomic E-state index is 9.27. The number of terminal acetylenes is 2. The second-order valence-electron chi connectivity index (χ2n) is 7.92. The van der Waals surface area contributed by atoms with E-state index in [-0.39, 0.29) is 0 Å². The molecule has 0 spiro atoms. The Bertz CT molecular complexity index is 694. The van der Waals surface area contributed by atoms with E-state index in [0.29, 0.717) is 0 Å². The van der Waals surface area contributed by atoms with Gasteiger partial charge < -0.3 is 10.2 Å². The average molecular weight is 435 g/mol. The van der Waals surface area contributed by atoms with Gasteiger partial charge in [0.1, 0.15) is 12.2 Å². The van der Waals surface area contributed by atoms with E-state index in [1.165, 1.54) is 38.5 Å². The highest BCUT2D eigenvalue weighted by atomic mass is 16.3. The number of hydrogen-bond donors (Lipinski definition) is 2. The van der Waals surface area contributed by atoms with E-state index in [9.17, 15) is 10.2 Å². The molecular weight excluding hydrogens is 392 g/mol. The SMILES string of the molecule is C#CC(O)/C=C/CCCCCCC#CC/C=C\CC#CCCCCCCCCC(O)C#C. The van der Waals surface area contributed by atoms with Crippen molar-refractivity contribution in [2.24, 2.45) is 0 Å². The van der Waals surface area contributed by atoms with Crippen LogP contribution < -0.4 is 0 Å². The van der Waals surface area contributed by atoms with Crippen LogP contribution >= 0.6 is 0 Å². The van der Waals surface area contributed by atoms with Crippen molar-refractivity contribution in [1.29, 1.82) is 0 Å². The molecule has 0 saturated carbocycles. The topological polar surface area (TPSA) is 40.5 Å². The van der Waals surface area contributed by atoms with Gasteiger partial charge in [0, 0.05) is 25.7 Å². The summed E-state index contributed by atoms with van der Waals surface area (Å²) in [7, 11) is 0. The van der Waals surface area contributed by atoms with E-state index in [1.807, 2.05) is 6.08 Å². The quantitative estimate of drug-likeness (QED) is 0.159. The molecule has 0 bridgehead atoms. The molecule has 0 heterocycles. The van der Waals surface area contributed by atoms with E-state index in [2.05, 4.69) is 47.7 Å². The van der Waals surface area contributed by atoms with Crippen LogP contribution in [0.15, 0.2) is 24.3 Å². The predicted molar refractivity (Wildman–Crippen MR) is 137 cm³/mol. The van der Waals surface area contributed by atoms with Gasteiger partial charge in [-0.15, -0.1) is 24.7 Å². The molecule has 0 aliphatic heterocycles. The second kappa shape index (κ2) is 24.9. The van der Waals surface area contributed by atoms with Crippen molar-refractivity contribution in [3.8, 4) is 48.4 Å². The number of aliphatic hydroxyl groups is 2. The van der Waals surface area contributed by atoms with Gasteiger partial charge in [0.2, 0.25) is 0 Å². The smallest absolute Gasteiger partial charge is 0.133 e. The lowest BCUT2D eigenvalue weighted by Crippen LogP contribution is -2.01. The largest absolute Gasteiger partial charge is 0.380 e. The molecule has 2 heteroatoms. The van der Waals surface area contributed by atoms with Gasteiger partial charge in [0.05, 0.1) is 0 Å². The van der Waals surface area contributed by atoms with Crippen molar-refractivity contribution in [2.75, 3.05) is 0 Å². The summed E-state index contributed by atoms with van der Waals surface area (Å²) in [5.74, 6) is 17.5. The van der Waals surface area contributed by atoms with Gasteiger partial charge in [-0.25, -0.2) is 0 Å². The molecule has 0 aliphatic carbocycles. The third-order valence-electron chi connectivity index (χ3n) is 4.99. The Morgan fingerprint density at radius 2 is 1.12 bits per heavy atom. The van der Waals surface area contributed by atoms with Crippen LogP contribution in [0.1, 0.15) is 103 Å². The fraction of sp³-hybridized carbons (Fsp3) is 0.600. The molecule has 0 rings (SSSR count). The molecule has 2 atom stereocenters. The summed E-state index contributed by atoms with van der Waals surface area (Å²) in [6, 6.07) is 0. The average Bonchev–Trinajstić information content (AvgIpc) is 2.81. The molecule has 2 N–H and O–H groups in total. The summed E-state index contributed by atoms with van der Waals surface area (Å²) in [6.45, 7) is 0. The molecule has 0 aromatic heterocycles. The van der Waals surface area contributed by atoms with Crippen LogP contribution in [0.2, 0.25) is 0 Å². The molecule has 0 aliphatic rings. The maximum absolute atomic E-state index is 9.27. The monoisotopic (exact) mass is 434 g/mol. The lowest BCUT2D eigenvalue weighted by atomic mass is 10.1. The van der Waals surface area contributed by atoms with E-state index in [0.717, 1.165) is 64.2 Å². The predicted octanol–water partition coefficient (Wildman–Crippen LogP) is 6.34. The minimum Gasteiger partial charge on any atom is -0.380 e. The third kappa shape index (κ3) is 23.9. The highest BCUT2D eigenvalue weighted by Crippen LogP contribution is 2.09. The molecule has 32 heavy (non-hydrogen) atoms. The van der Waals surface area contributed by atoms with E-state index >= 15 is 0 Å². The minimum absolute atomic E-state index is 0.566. The number of allylic oxidation sites excluding steroid dienone is 3. The van der Waals surface area contributed by atoms with Crippen LogP contribution in [0.5, 0.6) is 0 Å². The van der Waals surface area contributed by atoms with Gasteiger partial charge in [0.15, 0.2) is 0 Å². The summed E-state index contributed by atoms with van der Waals surface area (Å²) >= 11 is 0. The first-order valence-electron chi connectivity index (χ1n) is 12.2. The van der Waals surface area contributed by atoms with E-state index < -0.39 is 12.2 Å². The van der Waals surface area contributed by atoms with Crippen LogP contribution in [0.3, 0.4) is 0 Å². The van der Waals surface area contributed by atoms with Crippen molar-refractivity contribution in [3.05, 3.63) is 24.3 Å². The van der Waals surface area contributed by atoms with E-state index in [1.54, 1.807) is 6.08 Å². The summed E-state index contributed by atoms with van der Waals surface area (Å²) in [5, 5.41) is 18.5. The van der Waals surface area contributed by atoms with E-state index in [4.69, 9.17) is 12.8 Å². The Labute approximate surface area is 198 Å². The zero-order valence-electron chi connectivity index (χ0n) is 19.8. The zero-order valence-corrected chi connectivity index (χ0v) is 19.8. The van der Waals surface area contributed by atoms with Gasteiger partial charge in [-0.2, -0.15) is 0 Å². The summed E-state index contributed by atoms with van der Waals surface area (Å²) < 4.78 is 0. The first kappa shape index (κ1) is 29.6. The summed E-state index contributed by atoms with van der Waals surface area (Å²) in [4.78, 5) is 0. The Kier molecular flexibility index (Phi) is 23.1. The Morgan fingerprint density at radius 3 is 1.69 bits per heavy atom. The molecule has 174 valence electrons. The summed E-state index contributed by atoms with van der Waals surface area (Å²) in [5.41, 5.74) is 0. The van der Waals surface area contributed by atoms with Gasteiger partial charge >= 0.3 is 0 Å². The van der Waals surface area contributed by atoms with Crippen molar-refractivity contribution in [1.82, 2.24) is 0 Å². The highest BCUT2D eigenvalue weighted by molar-refractivity contribution is 5.09. The number of rotatable bonds is 17. The van der Waals surface area contributed by atoms with Gasteiger partial charge in [-0.05, 0) is 44.6 Å². The maximum Gasteiger partial charge on any atom is 0.133 e. The molecule has 2 unspecified atom stereocenters. The summed E-state index contributed by atoms with van der Waals surface area (Å²) in [6.07, 6.45) is 33.7. The fourth-order valence-corrected chi connectivity index (χ4v) is 3.06.